The van der Waals surface area contributed by atoms with Crippen LogP contribution in [-0.2, 0) is 16.4 Å². The molecule has 0 saturated heterocycles. The molecular weight excluding hydrogens is 495 g/mol. The molecule has 0 amide bonds. The summed E-state index contributed by atoms with van der Waals surface area (Å²) < 4.78 is 27.7. The number of sulfone groups is 1. The van der Waals surface area contributed by atoms with Crippen LogP contribution in [0.15, 0.2) is 29.3 Å². The molecule has 3 N–H and O–H groups in total. The summed E-state index contributed by atoms with van der Waals surface area (Å²) in [5.74, 6) is 2.73. The van der Waals surface area contributed by atoms with E-state index in [1.54, 1.807) is 14.2 Å². The minimum Gasteiger partial charge on any atom is -0.497 e. The average molecular weight is 522 g/mol. The maximum Gasteiger partial charge on any atom is 0.191 e. The number of H-pyrrole nitrogens is 1. The fourth-order valence-corrected chi connectivity index (χ4v) is 3.08. The lowest BCUT2D eigenvalue weighted by molar-refractivity contribution is 0.415. The predicted molar refractivity (Wildman–Crippen MR) is 121 cm³/mol. The summed E-state index contributed by atoms with van der Waals surface area (Å²) in [6.45, 7) is 2.32. The molecule has 156 valence electrons. The predicted octanol–water partition coefficient (Wildman–Crippen LogP) is 1.59. The quantitative estimate of drug-likeness (QED) is 0.274. The Morgan fingerprint density at radius 2 is 2.00 bits per heavy atom. The number of rotatable bonds is 8. The van der Waals surface area contributed by atoms with Crippen LogP contribution in [0, 0.1) is 0 Å². The zero-order valence-electron chi connectivity index (χ0n) is 16.4. The van der Waals surface area contributed by atoms with Crippen LogP contribution in [0.25, 0.3) is 11.4 Å². The molecule has 0 fully saturated rings. The normalized spacial score (nSPS) is 12.8. The lowest BCUT2D eigenvalue weighted by Crippen LogP contribution is -2.42. The molecule has 2 aromatic rings. The molecule has 1 unspecified atom stereocenters. The minimum atomic E-state index is -2.98. The number of guanidine groups is 1. The number of nitrogens with zero attached hydrogens (tertiary/aromatic N) is 3. The highest BCUT2D eigenvalue weighted by Crippen LogP contribution is 2.18. The molecule has 0 radical (unpaired) electrons. The van der Waals surface area contributed by atoms with Gasteiger partial charge in [0.2, 0.25) is 0 Å². The molecular formula is C17H27IN6O3S. The summed E-state index contributed by atoms with van der Waals surface area (Å²) in [6, 6.07) is 7.46. The van der Waals surface area contributed by atoms with Crippen molar-refractivity contribution in [1.82, 2.24) is 25.8 Å². The van der Waals surface area contributed by atoms with E-state index in [0.29, 0.717) is 30.6 Å². The summed E-state index contributed by atoms with van der Waals surface area (Å²) in [5, 5.41) is 13.4. The Hall–Kier alpha value is -1.89. The van der Waals surface area contributed by atoms with Crippen LogP contribution < -0.4 is 15.4 Å². The third-order valence-corrected chi connectivity index (χ3v) is 4.81. The van der Waals surface area contributed by atoms with Gasteiger partial charge in [0.1, 0.15) is 21.4 Å². The molecule has 0 bridgehead atoms. The summed E-state index contributed by atoms with van der Waals surface area (Å²) in [7, 11) is 0.298. The molecule has 0 spiro atoms. The van der Waals surface area contributed by atoms with E-state index >= 15 is 0 Å². The van der Waals surface area contributed by atoms with Gasteiger partial charge in [-0.3, -0.25) is 10.1 Å². The number of halogens is 1. The molecule has 2 rings (SSSR count). The molecule has 1 aromatic heterocycles. The molecule has 28 heavy (non-hydrogen) atoms. The van der Waals surface area contributed by atoms with Crippen molar-refractivity contribution in [2.45, 2.75) is 25.9 Å². The van der Waals surface area contributed by atoms with Crippen LogP contribution in [0.2, 0.25) is 0 Å². The summed E-state index contributed by atoms with van der Waals surface area (Å²) in [5.41, 5.74) is 0.884. The summed E-state index contributed by atoms with van der Waals surface area (Å²) >= 11 is 0. The molecule has 0 aliphatic rings. The Morgan fingerprint density at radius 3 is 2.57 bits per heavy atom. The molecule has 1 heterocycles. The largest absolute Gasteiger partial charge is 0.497 e. The van der Waals surface area contributed by atoms with Crippen molar-refractivity contribution in [3.05, 3.63) is 30.1 Å². The van der Waals surface area contributed by atoms with Crippen LogP contribution in [-0.4, -0.2) is 61.8 Å². The zero-order valence-corrected chi connectivity index (χ0v) is 19.5. The number of hydrogen-bond donors (Lipinski definition) is 3. The van der Waals surface area contributed by atoms with Gasteiger partial charge in [0.15, 0.2) is 11.8 Å². The van der Waals surface area contributed by atoms with Gasteiger partial charge in [-0.1, -0.05) is 0 Å². The number of hydrogen-bond acceptors (Lipinski definition) is 6. The first kappa shape index (κ1) is 24.1. The second kappa shape index (κ2) is 11.2. The van der Waals surface area contributed by atoms with Gasteiger partial charge in [-0.2, -0.15) is 5.10 Å². The van der Waals surface area contributed by atoms with E-state index in [9.17, 15) is 8.42 Å². The van der Waals surface area contributed by atoms with Crippen LogP contribution in [0.3, 0.4) is 0 Å². The highest BCUT2D eigenvalue weighted by atomic mass is 127. The fourth-order valence-electron chi connectivity index (χ4n) is 2.30. The number of nitrogens with one attached hydrogen (secondary N) is 3. The van der Waals surface area contributed by atoms with Crippen molar-refractivity contribution >= 4 is 39.8 Å². The van der Waals surface area contributed by atoms with E-state index in [-0.39, 0.29) is 35.8 Å². The standard InChI is InChI=1S/C17H26N6O3S.HI/c1-12(9-10-27(4,24)25)20-17(18-2)19-11-15-21-16(23-22-15)13-5-7-14(26-3)8-6-13;/h5-8,12H,9-11H2,1-4H3,(H2,18,19,20)(H,21,22,23);1H. The first-order chi connectivity index (χ1) is 12.8. The van der Waals surface area contributed by atoms with E-state index in [0.717, 1.165) is 11.3 Å². The molecule has 0 saturated carbocycles. The van der Waals surface area contributed by atoms with Gasteiger partial charge in [-0.05, 0) is 37.6 Å². The van der Waals surface area contributed by atoms with E-state index in [1.165, 1.54) is 6.26 Å². The molecule has 0 aliphatic heterocycles. The lowest BCUT2D eigenvalue weighted by Gasteiger charge is -2.17. The third kappa shape index (κ3) is 8.00. The Kier molecular flexibility index (Phi) is 9.65. The number of aliphatic imine (C=N–C) groups is 1. The Labute approximate surface area is 182 Å². The van der Waals surface area contributed by atoms with Gasteiger partial charge in [0.05, 0.1) is 19.4 Å². The fraction of sp³-hybridized carbons (Fsp3) is 0.471. The number of benzene rings is 1. The van der Waals surface area contributed by atoms with E-state index in [4.69, 9.17) is 4.74 Å². The van der Waals surface area contributed by atoms with Crippen molar-refractivity contribution in [3.8, 4) is 17.1 Å². The van der Waals surface area contributed by atoms with E-state index in [2.05, 4.69) is 30.8 Å². The smallest absolute Gasteiger partial charge is 0.191 e. The number of ether oxygens (including phenoxy) is 1. The summed E-state index contributed by atoms with van der Waals surface area (Å²) in [6.07, 6.45) is 1.74. The van der Waals surface area contributed by atoms with Gasteiger partial charge in [0, 0.05) is 24.9 Å². The first-order valence-corrected chi connectivity index (χ1v) is 10.6. The Morgan fingerprint density at radius 1 is 1.32 bits per heavy atom. The maximum absolute atomic E-state index is 11.3. The van der Waals surface area contributed by atoms with E-state index in [1.807, 2.05) is 31.2 Å². The maximum atomic E-state index is 11.3. The lowest BCUT2D eigenvalue weighted by atomic mass is 10.2. The van der Waals surface area contributed by atoms with Gasteiger partial charge >= 0.3 is 0 Å². The van der Waals surface area contributed by atoms with Crippen molar-refractivity contribution < 1.29 is 13.2 Å². The second-order valence-electron chi connectivity index (χ2n) is 6.22. The van der Waals surface area contributed by atoms with E-state index < -0.39 is 9.84 Å². The average Bonchev–Trinajstić information content (AvgIpc) is 3.12. The van der Waals surface area contributed by atoms with Crippen LogP contribution in [0.4, 0.5) is 0 Å². The number of aromatic nitrogens is 3. The Balaban J connectivity index is 0.00000392. The van der Waals surface area contributed by atoms with Crippen molar-refractivity contribution in [2.75, 3.05) is 26.2 Å². The first-order valence-electron chi connectivity index (χ1n) is 8.51. The molecule has 0 aliphatic carbocycles. The van der Waals surface area contributed by atoms with Gasteiger partial charge in [0.25, 0.3) is 0 Å². The SMILES string of the molecule is CN=C(NCc1nc(-c2ccc(OC)cc2)n[nH]1)NC(C)CCS(C)(=O)=O.I. The van der Waals surface area contributed by atoms with Crippen LogP contribution in [0.5, 0.6) is 5.75 Å². The van der Waals surface area contributed by atoms with Crippen molar-refractivity contribution in [2.24, 2.45) is 4.99 Å². The highest BCUT2D eigenvalue weighted by Gasteiger charge is 2.11. The van der Waals surface area contributed by atoms with Crippen LogP contribution in [0.1, 0.15) is 19.2 Å². The van der Waals surface area contributed by atoms with Crippen molar-refractivity contribution in [3.63, 3.8) is 0 Å². The van der Waals surface area contributed by atoms with Crippen molar-refractivity contribution in [1.29, 1.82) is 0 Å². The van der Waals surface area contributed by atoms with Gasteiger partial charge in [-0.15, -0.1) is 24.0 Å². The molecule has 1 atom stereocenters. The second-order valence-corrected chi connectivity index (χ2v) is 8.48. The summed E-state index contributed by atoms with van der Waals surface area (Å²) in [4.78, 5) is 8.60. The van der Waals surface area contributed by atoms with Crippen LogP contribution >= 0.6 is 24.0 Å². The number of aromatic amines is 1. The van der Waals surface area contributed by atoms with Gasteiger partial charge < -0.3 is 15.4 Å². The monoisotopic (exact) mass is 522 g/mol. The third-order valence-electron chi connectivity index (χ3n) is 3.83. The molecule has 11 heteroatoms. The highest BCUT2D eigenvalue weighted by molar-refractivity contribution is 14.0. The number of methoxy groups -OCH3 is 1. The topological polar surface area (TPSA) is 121 Å². The Bertz CT molecular complexity index is 867. The van der Waals surface area contributed by atoms with Gasteiger partial charge in [-0.25, -0.2) is 13.4 Å². The minimum absolute atomic E-state index is 0. The molecule has 1 aromatic carbocycles. The molecule has 9 nitrogen and oxygen atoms in total. The zero-order chi connectivity index (χ0) is 19.9.